The van der Waals surface area contributed by atoms with Crippen LogP contribution in [0, 0.1) is 6.92 Å². The monoisotopic (exact) mass is 412 g/mol. The number of rotatable bonds is 6. The predicted molar refractivity (Wildman–Crippen MR) is 112 cm³/mol. The third-order valence-electron chi connectivity index (χ3n) is 5.77. The highest BCUT2D eigenvalue weighted by Crippen LogP contribution is 2.34. The minimum Gasteiger partial charge on any atom is -0.489 e. The normalized spacial score (nSPS) is 19.2. The van der Waals surface area contributed by atoms with Gasteiger partial charge in [-0.15, -0.1) is 0 Å². The fourth-order valence-electron chi connectivity index (χ4n) is 4.13. The standard InChI is InChI=1S/C22H28N4O4/c1-4-29-19-6-5-16(12-23-19)30-15-7-9-26(10-8-15)21-14(2)11-17-20(24-21)18(13-27)25(3)22(17)28/h5-6,11-12,15,18,27H,4,7-10,13H2,1-3H3. The van der Waals surface area contributed by atoms with E-state index in [9.17, 15) is 9.90 Å². The summed E-state index contributed by atoms with van der Waals surface area (Å²) in [6, 6.07) is 5.24. The number of piperidine rings is 1. The van der Waals surface area contributed by atoms with Crippen LogP contribution in [-0.4, -0.2) is 65.3 Å². The number of aliphatic hydroxyl groups is 1. The molecular formula is C22H28N4O4. The van der Waals surface area contributed by atoms with Crippen LogP contribution in [0.3, 0.4) is 0 Å². The number of hydrogen-bond donors (Lipinski definition) is 1. The maximum absolute atomic E-state index is 12.4. The SMILES string of the molecule is CCOc1ccc(OC2CCN(c3nc4c(cc3C)C(=O)N(C)C4CO)CC2)cn1. The fourth-order valence-corrected chi connectivity index (χ4v) is 4.13. The molecule has 1 unspecified atom stereocenters. The lowest BCUT2D eigenvalue weighted by Crippen LogP contribution is -2.39. The lowest BCUT2D eigenvalue weighted by Gasteiger charge is -2.34. The van der Waals surface area contributed by atoms with Crippen LogP contribution >= 0.6 is 0 Å². The number of pyridine rings is 2. The molecular weight excluding hydrogens is 384 g/mol. The predicted octanol–water partition coefficient (Wildman–Crippen LogP) is 2.35. The minimum atomic E-state index is -0.375. The summed E-state index contributed by atoms with van der Waals surface area (Å²) in [5.74, 6) is 2.15. The van der Waals surface area contributed by atoms with Gasteiger partial charge in [-0.3, -0.25) is 4.79 Å². The highest BCUT2D eigenvalue weighted by atomic mass is 16.5. The number of likely N-dealkylation sites (N-methyl/N-ethyl adjacent to an activating group) is 1. The zero-order chi connectivity index (χ0) is 21.3. The molecule has 160 valence electrons. The lowest BCUT2D eigenvalue weighted by molar-refractivity contribution is 0.0715. The number of nitrogens with zero attached hydrogens (tertiary/aromatic N) is 4. The average Bonchev–Trinajstić information content (AvgIpc) is 2.99. The Morgan fingerprint density at radius 2 is 2.03 bits per heavy atom. The Hall–Kier alpha value is -2.87. The van der Waals surface area contributed by atoms with Crippen LogP contribution in [0.15, 0.2) is 24.4 Å². The van der Waals surface area contributed by atoms with Crippen molar-refractivity contribution in [3.05, 3.63) is 41.2 Å². The van der Waals surface area contributed by atoms with Crippen molar-refractivity contribution in [3.63, 3.8) is 0 Å². The van der Waals surface area contributed by atoms with Gasteiger partial charge in [0.05, 0.1) is 36.7 Å². The summed E-state index contributed by atoms with van der Waals surface area (Å²) in [5, 5.41) is 9.72. The van der Waals surface area contributed by atoms with Gasteiger partial charge >= 0.3 is 0 Å². The summed E-state index contributed by atoms with van der Waals surface area (Å²) in [7, 11) is 1.71. The van der Waals surface area contributed by atoms with E-state index in [1.54, 1.807) is 18.1 Å². The molecule has 2 aromatic heterocycles. The van der Waals surface area contributed by atoms with E-state index in [1.165, 1.54) is 0 Å². The second-order valence-electron chi connectivity index (χ2n) is 7.75. The van der Waals surface area contributed by atoms with Gasteiger partial charge in [0.2, 0.25) is 5.88 Å². The highest BCUT2D eigenvalue weighted by Gasteiger charge is 2.36. The number of anilines is 1. The summed E-state index contributed by atoms with van der Waals surface area (Å²) in [6.07, 6.45) is 3.56. The molecule has 0 aliphatic carbocycles. The van der Waals surface area contributed by atoms with Gasteiger partial charge in [0, 0.05) is 39.0 Å². The van der Waals surface area contributed by atoms with Gasteiger partial charge in [0.1, 0.15) is 17.7 Å². The van der Waals surface area contributed by atoms with Crippen LogP contribution in [0.5, 0.6) is 11.6 Å². The first kappa shape index (κ1) is 20.4. The summed E-state index contributed by atoms with van der Waals surface area (Å²) in [6.45, 7) is 6.00. The van der Waals surface area contributed by atoms with E-state index in [2.05, 4.69) is 9.88 Å². The van der Waals surface area contributed by atoms with Gasteiger partial charge in [0.15, 0.2) is 0 Å². The van der Waals surface area contributed by atoms with E-state index in [1.807, 2.05) is 32.0 Å². The minimum absolute atomic E-state index is 0.0812. The molecule has 0 bridgehead atoms. The number of fused-ring (bicyclic) bond motifs is 1. The molecule has 1 amide bonds. The van der Waals surface area contributed by atoms with Crippen molar-refractivity contribution in [3.8, 4) is 11.6 Å². The van der Waals surface area contributed by atoms with Gasteiger partial charge in [-0.05, 0) is 31.5 Å². The van der Waals surface area contributed by atoms with Crippen LogP contribution in [0.4, 0.5) is 5.82 Å². The average molecular weight is 412 g/mol. The number of hydrogen-bond acceptors (Lipinski definition) is 7. The number of carbonyl (C=O) groups is 1. The van der Waals surface area contributed by atoms with Crippen molar-refractivity contribution in [1.82, 2.24) is 14.9 Å². The Morgan fingerprint density at radius 1 is 1.27 bits per heavy atom. The van der Waals surface area contributed by atoms with E-state index in [4.69, 9.17) is 14.5 Å². The summed E-state index contributed by atoms with van der Waals surface area (Å²) >= 11 is 0. The quantitative estimate of drug-likeness (QED) is 0.779. The summed E-state index contributed by atoms with van der Waals surface area (Å²) in [4.78, 5) is 25.3. The van der Waals surface area contributed by atoms with Crippen molar-refractivity contribution >= 4 is 11.7 Å². The molecule has 1 saturated heterocycles. The zero-order valence-electron chi connectivity index (χ0n) is 17.7. The molecule has 8 nitrogen and oxygen atoms in total. The van der Waals surface area contributed by atoms with E-state index < -0.39 is 0 Å². The molecule has 4 rings (SSSR count). The third-order valence-corrected chi connectivity index (χ3v) is 5.77. The van der Waals surface area contributed by atoms with E-state index in [0.29, 0.717) is 23.7 Å². The number of carbonyl (C=O) groups excluding carboxylic acids is 1. The van der Waals surface area contributed by atoms with Crippen LogP contribution in [0.1, 0.15) is 47.4 Å². The Bertz CT molecular complexity index is 910. The molecule has 4 heterocycles. The Labute approximate surface area is 176 Å². The Balaban J connectivity index is 1.42. The smallest absolute Gasteiger partial charge is 0.256 e. The lowest BCUT2D eigenvalue weighted by atomic mass is 10.1. The number of aryl methyl sites for hydroxylation is 1. The van der Waals surface area contributed by atoms with Gasteiger partial charge < -0.3 is 24.4 Å². The van der Waals surface area contributed by atoms with Gasteiger partial charge in [-0.1, -0.05) is 0 Å². The molecule has 0 saturated carbocycles. The first-order valence-electron chi connectivity index (χ1n) is 10.4. The highest BCUT2D eigenvalue weighted by molar-refractivity contribution is 5.99. The van der Waals surface area contributed by atoms with E-state index >= 15 is 0 Å². The maximum Gasteiger partial charge on any atom is 0.256 e. The Morgan fingerprint density at radius 3 is 2.67 bits per heavy atom. The molecule has 0 aromatic carbocycles. The number of amides is 1. The molecule has 1 fully saturated rings. The topological polar surface area (TPSA) is 88.0 Å². The van der Waals surface area contributed by atoms with Crippen molar-refractivity contribution < 1.29 is 19.4 Å². The number of aromatic nitrogens is 2. The van der Waals surface area contributed by atoms with E-state index in [-0.39, 0.29) is 24.7 Å². The van der Waals surface area contributed by atoms with E-state index in [0.717, 1.165) is 43.1 Å². The molecule has 2 aromatic rings. The number of aliphatic hydroxyl groups excluding tert-OH is 1. The molecule has 1 N–H and O–H groups in total. The maximum atomic E-state index is 12.4. The van der Waals surface area contributed by atoms with Crippen molar-refractivity contribution in [2.24, 2.45) is 0 Å². The molecule has 8 heteroatoms. The van der Waals surface area contributed by atoms with Crippen LogP contribution in [0.2, 0.25) is 0 Å². The second-order valence-corrected chi connectivity index (χ2v) is 7.75. The molecule has 1 atom stereocenters. The van der Waals surface area contributed by atoms with Crippen LogP contribution in [-0.2, 0) is 0 Å². The molecule has 30 heavy (non-hydrogen) atoms. The zero-order valence-corrected chi connectivity index (χ0v) is 17.7. The van der Waals surface area contributed by atoms with Crippen molar-refractivity contribution in [1.29, 1.82) is 0 Å². The van der Waals surface area contributed by atoms with Gasteiger partial charge in [-0.2, -0.15) is 0 Å². The summed E-state index contributed by atoms with van der Waals surface area (Å²) in [5.41, 5.74) is 2.24. The second kappa shape index (κ2) is 8.47. The van der Waals surface area contributed by atoms with Gasteiger partial charge in [0.25, 0.3) is 5.91 Å². The Kier molecular flexibility index (Phi) is 5.76. The molecule has 2 aliphatic rings. The van der Waals surface area contributed by atoms with Crippen molar-refractivity contribution in [2.75, 3.05) is 38.3 Å². The third kappa shape index (κ3) is 3.79. The number of ether oxygens (including phenoxy) is 2. The largest absolute Gasteiger partial charge is 0.489 e. The molecule has 0 spiro atoms. The summed E-state index contributed by atoms with van der Waals surface area (Å²) < 4.78 is 11.5. The fraction of sp³-hybridized carbons (Fsp3) is 0.500. The van der Waals surface area contributed by atoms with Gasteiger partial charge in [-0.25, -0.2) is 9.97 Å². The van der Waals surface area contributed by atoms with Crippen LogP contribution in [0.25, 0.3) is 0 Å². The molecule has 0 radical (unpaired) electrons. The first-order chi connectivity index (χ1) is 14.5. The van der Waals surface area contributed by atoms with Crippen molar-refractivity contribution in [2.45, 2.75) is 38.8 Å². The first-order valence-corrected chi connectivity index (χ1v) is 10.4. The molecule has 2 aliphatic heterocycles. The van der Waals surface area contributed by atoms with Crippen LogP contribution < -0.4 is 14.4 Å².